The van der Waals surface area contributed by atoms with E-state index in [9.17, 15) is 14.4 Å². The molecule has 3 atom stereocenters. The molecule has 57 heavy (non-hydrogen) atoms. The van der Waals surface area contributed by atoms with Gasteiger partial charge in [0.2, 0.25) is 0 Å². The Hall–Kier alpha value is -4.47. The normalized spacial score (nSPS) is 16.0. The highest BCUT2D eigenvalue weighted by molar-refractivity contribution is 5.89. The topological polar surface area (TPSA) is 123 Å². The van der Waals surface area contributed by atoms with Gasteiger partial charge in [-0.05, 0) is 119 Å². The molecular formula is C47H66N2O8. The maximum Gasteiger partial charge on any atom is 0.513 e. The first-order valence-corrected chi connectivity index (χ1v) is 21.1. The summed E-state index contributed by atoms with van der Waals surface area (Å²) in [6.45, 7) is 17.4. The third-order valence-corrected chi connectivity index (χ3v) is 11.5. The first-order chi connectivity index (χ1) is 27.3. The Labute approximate surface area is 340 Å². The number of carbonyl (C=O) groups excluding carboxylic acids is 3. The fraction of sp³-hybridized carbons (Fsp3) is 0.596. The third-order valence-electron chi connectivity index (χ3n) is 11.5. The van der Waals surface area contributed by atoms with E-state index in [1.807, 2.05) is 20.8 Å². The number of nitrogens with zero attached hydrogens (tertiary/aromatic N) is 2. The Morgan fingerprint density at radius 2 is 1.30 bits per heavy atom. The molecule has 2 aromatic heterocycles. The van der Waals surface area contributed by atoms with Crippen LogP contribution < -0.4 is 9.47 Å². The van der Waals surface area contributed by atoms with E-state index in [2.05, 4.69) is 44.6 Å². The van der Waals surface area contributed by atoms with E-state index in [1.165, 1.54) is 57.3 Å². The van der Waals surface area contributed by atoms with Crippen LogP contribution in [0.1, 0.15) is 148 Å². The lowest BCUT2D eigenvalue weighted by Crippen LogP contribution is -2.37. The van der Waals surface area contributed by atoms with Crippen LogP contribution in [-0.4, -0.2) is 53.5 Å². The zero-order chi connectivity index (χ0) is 41.4. The van der Waals surface area contributed by atoms with Gasteiger partial charge >= 0.3 is 18.1 Å². The Balaban J connectivity index is 1.27. The molecule has 0 saturated carbocycles. The number of hydrogen-bond acceptors (Lipinski definition) is 10. The van der Waals surface area contributed by atoms with E-state index >= 15 is 0 Å². The van der Waals surface area contributed by atoms with E-state index < -0.39 is 24.0 Å². The molecule has 1 aliphatic rings. The standard InChI is InChI=1S/C47H66N2O8/c1-32(2)14-9-15-33(3)16-10-17-34(4)18-11-23-47(8)24-21-41-37(7)42(35(5)36(6)43(41)57-47)56-46(52)53-27-22-38(30-54-44(50)39-19-12-25-48-28-39)31-55-45(51)40-20-13-26-49-29-40/h12-13,19-20,25-26,28-29,32-34,38H,9-11,14-18,21-24,27,30-31H2,1-8H3. The van der Waals surface area contributed by atoms with Gasteiger partial charge in [0.05, 0.1) is 30.9 Å². The molecule has 0 N–H and O–H groups in total. The lowest BCUT2D eigenvalue weighted by molar-refractivity contribution is 0.0194. The van der Waals surface area contributed by atoms with Crippen molar-refractivity contribution in [3.05, 3.63) is 82.4 Å². The van der Waals surface area contributed by atoms with Crippen molar-refractivity contribution in [2.24, 2.45) is 23.7 Å². The Bertz CT molecular complexity index is 1670. The van der Waals surface area contributed by atoms with Crippen molar-refractivity contribution >= 4 is 18.1 Å². The molecule has 0 aliphatic carbocycles. The van der Waals surface area contributed by atoms with Gasteiger partial charge in [-0.1, -0.05) is 72.6 Å². The van der Waals surface area contributed by atoms with Gasteiger partial charge in [0, 0.05) is 36.3 Å². The summed E-state index contributed by atoms with van der Waals surface area (Å²) in [4.78, 5) is 46.1. The molecule has 3 heterocycles. The number of esters is 2. The minimum absolute atomic E-state index is 0.0436. The second kappa shape index (κ2) is 22.5. The van der Waals surface area contributed by atoms with Gasteiger partial charge in [0.1, 0.15) is 17.1 Å². The maximum atomic E-state index is 13.1. The van der Waals surface area contributed by atoms with Crippen LogP contribution in [0.2, 0.25) is 0 Å². The van der Waals surface area contributed by atoms with Gasteiger partial charge < -0.3 is 23.7 Å². The van der Waals surface area contributed by atoms with Crippen LogP contribution in [0.15, 0.2) is 49.1 Å². The third kappa shape index (κ3) is 14.5. The quantitative estimate of drug-likeness (QED) is 0.0552. The molecule has 4 rings (SSSR count). The van der Waals surface area contributed by atoms with Crippen molar-refractivity contribution in [3.63, 3.8) is 0 Å². The molecular weight excluding hydrogens is 721 g/mol. The highest BCUT2D eigenvalue weighted by Gasteiger charge is 2.35. The Morgan fingerprint density at radius 1 is 0.737 bits per heavy atom. The molecule has 0 saturated heterocycles. The van der Waals surface area contributed by atoms with Crippen LogP contribution in [0, 0.1) is 44.4 Å². The first-order valence-electron chi connectivity index (χ1n) is 21.1. The molecule has 10 heteroatoms. The molecule has 0 spiro atoms. The molecule has 0 bridgehead atoms. The molecule has 3 unspecified atom stereocenters. The van der Waals surface area contributed by atoms with Crippen molar-refractivity contribution in [2.75, 3.05) is 19.8 Å². The van der Waals surface area contributed by atoms with Crippen molar-refractivity contribution in [1.82, 2.24) is 9.97 Å². The number of ether oxygens (including phenoxy) is 5. The minimum atomic E-state index is -0.838. The summed E-state index contributed by atoms with van der Waals surface area (Å²) in [7, 11) is 0. The van der Waals surface area contributed by atoms with Crippen LogP contribution >= 0.6 is 0 Å². The van der Waals surface area contributed by atoms with Gasteiger partial charge in [-0.3, -0.25) is 9.97 Å². The maximum absolute atomic E-state index is 13.1. The highest BCUT2D eigenvalue weighted by Crippen LogP contribution is 2.45. The molecule has 312 valence electrons. The molecule has 0 fully saturated rings. The van der Waals surface area contributed by atoms with Crippen LogP contribution in [0.5, 0.6) is 11.5 Å². The monoisotopic (exact) mass is 786 g/mol. The number of carbonyl (C=O) groups is 3. The molecule has 0 radical (unpaired) electrons. The molecule has 1 aromatic carbocycles. The molecule has 10 nitrogen and oxygen atoms in total. The fourth-order valence-corrected chi connectivity index (χ4v) is 7.57. The minimum Gasteiger partial charge on any atom is -0.487 e. The number of fused-ring (bicyclic) bond motifs is 1. The summed E-state index contributed by atoms with van der Waals surface area (Å²) in [5.41, 5.74) is 4.11. The number of hydrogen-bond donors (Lipinski definition) is 0. The van der Waals surface area contributed by atoms with E-state index in [0.29, 0.717) is 22.8 Å². The summed E-state index contributed by atoms with van der Waals surface area (Å²) < 4.78 is 29.1. The van der Waals surface area contributed by atoms with Gasteiger partial charge in [0.25, 0.3) is 0 Å². The van der Waals surface area contributed by atoms with Crippen LogP contribution in [0.25, 0.3) is 0 Å². The molecule has 0 amide bonds. The average Bonchev–Trinajstić information content (AvgIpc) is 3.19. The van der Waals surface area contributed by atoms with Crippen molar-refractivity contribution in [2.45, 2.75) is 138 Å². The van der Waals surface area contributed by atoms with Gasteiger partial charge in [-0.2, -0.15) is 0 Å². The SMILES string of the molecule is Cc1c(C)c2c(c(C)c1OC(=O)OCCC(COC(=O)c1cccnc1)COC(=O)c1cccnc1)CCC(C)(CCCC(C)CCCC(C)CCCC(C)C)O2. The zero-order valence-corrected chi connectivity index (χ0v) is 35.7. The molecule has 1 aliphatic heterocycles. The summed E-state index contributed by atoms with van der Waals surface area (Å²) >= 11 is 0. The van der Waals surface area contributed by atoms with Gasteiger partial charge in [0.15, 0.2) is 0 Å². The van der Waals surface area contributed by atoms with Gasteiger partial charge in [-0.15, -0.1) is 0 Å². The summed E-state index contributed by atoms with van der Waals surface area (Å²) in [5, 5.41) is 0. The Kier molecular flexibility index (Phi) is 17.8. The second-order valence-corrected chi connectivity index (χ2v) is 17.0. The average molecular weight is 787 g/mol. The lowest BCUT2D eigenvalue weighted by atomic mass is 9.83. The van der Waals surface area contributed by atoms with Crippen LogP contribution in [0.3, 0.4) is 0 Å². The summed E-state index contributed by atoms with van der Waals surface area (Å²) in [5.74, 6) is 2.16. The van der Waals surface area contributed by atoms with Crippen molar-refractivity contribution in [3.8, 4) is 11.5 Å². The second-order valence-electron chi connectivity index (χ2n) is 17.0. The number of pyridine rings is 2. The fourth-order valence-electron chi connectivity index (χ4n) is 7.57. The largest absolute Gasteiger partial charge is 0.513 e. The molecule has 3 aromatic rings. The number of rotatable bonds is 22. The van der Waals surface area contributed by atoms with Crippen LogP contribution in [-0.2, 0) is 20.6 Å². The predicted octanol–water partition coefficient (Wildman–Crippen LogP) is 11.2. The zero-order valence-electron chi connectivity index (χ0n) is 35.7. The first kappa shape index (κ1) is 45.2. The predicted molar refractivity (Wildman–Crippen MR) is 222 cm³/mol. The van der Waals surface area contributed by atoms with E-state index in [0.717, 1.165) is 65.5 Å². The van der Waals surface area contributed by atoms with E-state index in [4.69, 9.17) is 23.7 Å². The van der Waals surface area contributed by atoms with E-state index in [1.54, 1.807) is 36.7 Å². The van der Waals surface area contributed by atoms with Crippen molar-refractivity contribution < 1.29 is 38.1 Å². The van der Waals surface area contributed by atoms with E-state index in [-0.39, 0.29) is 31.8 Å². The lowest BCUT2D eigenvalue weighted by Gasteiger charge is -2.38. The summed E-state index contributed by atoms with van der Waals surface area (Å²) in [6, 6.07) is 6.48. The van der Waals surface area contributed by atoms with Gasteiger partial charge in [-0.25, -0.2) is 14.4 Å². The number of benzene rings is 1. The Morgan fingerprint density at radius 3 is 1.84 bits per heavy atom. The number of aromatic nitrogens is 2. The smallest absolute Gasteiger partial charge is 0.487 e. The van der Waals surface area contributed by atoms with Crippen LogP contribution in [0.4, 0.5) is 4.79 Å². The summed E-state index contributed by atoms with van der Waals surface area (Å²) in [6.07, 6.45) is 18.5. The van der Waals surface area contributed by atoms with Crippen molar-refractivity contribution in [1.29, 1.82) is 0 Å². The highest BCUT2D eigenvalue weighted by atomic mass is 16.7.